The number of nitrogens with zero attached hydrogens (tertiary/aromatic N) is 1. The minimum atomic E-state index is -0.778. The topological polar surface area (TPSA) is 85.3 Å². The van der Waals surface area contributed by atoms with Gasteiger partial charge in [-0.1, -0.05) is 29.8 Å². The van der Waals surface area contributed by atoms with Gasteiger partial charge in [-0.3, -0.25) is 4.79 Å². The second-order valence-electron chi connectivity index (χ2n) is 5.18. The number of halogens is 2. The van der Waals surface area contributed by atoms with Crippen molar-refractivity contribution in [3.05, 3.63) is 61.7 Å². The van der Waals surface area contributed by atoms with Crippen molar-refractivity contribution in [2.45, 2.75) is 13.5 Å². The summed E-state index contributed by atoms with van der Waals surface area (Å²) in [5.41, 5.74) is 6.54. The third-order valence-corrected chi connectivity index (χ3v) is 4.53. The van der Waals surface area contributed by atoms with Crippen LogP contribution in [0.1, 0.15) is 18.1 Å². The van der Waals surface area contributed by atoms with Gasteiger partial charge in [-0.05, 0) is 59.4 Å². The fraction of sp³-hybridized carbons (Fsp3) is 0.158. The van der Waals surface area contributed by atoms with Crippen LogP contribution in [0.3, 0.4) is 0 Å². The summed E-state index contributed by atoms with van der Waals surface area (Å²) >= 11 is 8.28. The van der Waals surface area contributed by atoms with E-state index in [0.29, 0.717) is 28.7 Å². The third kappa shape index (κ3) is 5.13. The van der Waals surface area contributed by atoms with Crippen molar-refractivity contribution in [2.75, 3.05) is 6.61 Å². The summed E-state index contributed by atoms with van der Waals surface area (Å²) in [6, 6.07) is 12.7. The van der Waals surface area contributed by atoms with Gasteiger partial charge in [0, 0.05) is 10.6 Å². The van der Waals surface area contributed by atoms with Crippen molar-refractivity contribution < 1.29 is 14.3 Å². The van der Waals surface area contributed by atoms with Crippen molar-refractivity contribution >= 4 is 46.2 Å². The number of nitriles is 1. The molecule has 0 radical (unpaired) electrons. The maximum atomic E-state index is 11.2. The van der Waals surface area contributed by atoms with Gasteiger partial charge in [0.15, 0.2) is 11.5 Å². The Morgan fingerprint density at radius 3 is 2.69 bits per heavy atom. The lowest BCUT2D eigenvalue weighted by atomic mass is 10.1. The highest BCUT2D eigenvalue weighted by Gasteiger charge is 2.14. The van der Waals surface area contributed by atoms with E-state index in [-0.39, 0.29) is 12.2 Å². The fourth-order valence-corrected chi connectivity index (χ4v) is 3.14. The van der Waals surface area contributed by atoms with Gasteiger partial charge in [0.05, 0.1) is 10.2 Å². The lowest BCUT2D eigenvalue weighted by Gasteiger charge is -2.15. The maximum Gasteiger partial charge on any atom is 0.259 e. The van der Waals surface area contributed by atoms with Gasteiger partial charge in [0.1, 0.15) is 18.2 Å². The van der Waals surface area contributed by atoms with E-state index in [0.717, 1.165) is 9.13 Å². The summed E-state index contributed by atoms with van der Waals surface area (Å²) in [4.78, 5) is 11.2. The summed E-state index contributed by atoms with van der Waals surface area (Å²) in [5, 5.41) is 9.63. The Morgan fingerprint density at radius 1 is 1.35 bits per heavy atom. The van der Waals surface area contributed by atoms with Crippen molar-refractivity contribution in [1.29, 1.82) is 5.26 Å². The average Bonchev–Trinajstić information content (AvgIpc) is 2.60. The summed E-state index contributed by atoms with van der Waals surface area (Å²) < 4.78 is 12.4. The zero-order valence-corrected chi connectivity index (χ0v) is 16.9. The Kier molecular flexibility index (Phi) is 7.30. The number of carbonyl (C=O) groups is 1. The summed E-state index contributed by atoms with van der Waals surface area (Å²) in [6.07, 6.45) is 1.42. The molecule has 2 aromatic rings. The van der Waals surface area contributed by atoms with E-state index >= 15 is 0 Å². The highest BCUT2D eigenvalue weighted by Crippen LogP contribution is 2.36. The summed E-state index contributed by atoms with van der Waals surface area (Å²) in [6.45, 7) is 2.58. The molecule has 0 bridgehead atoms. The molecule has 0 atom stereocenters. The smallest absolute Gasteiger partial charge is 0.259 e. The zero-order chi connectivity index (χ0) is 19.1. The zero-order valence-electron chi connectivity index (χ0n) is 14.0. The molecule has 0 fully saturated rings. The van der Waals surface area contributed by atoms with Crippen LogP contribution in [0, 0.1) is 14.9 Å². The minimum absolute atomic E-state index is 0.131. The molecule has 7 heteroatoms. The van der Waals surface area contributed by atoms with Crippen LogP contribution in [0.5, 0.6) is 11.5 Å². The molecule has 0 saturated heterocycles. The molecule has 0 saturated carbocycles. The molecule has 2 aromatic carbocycles. The Labute approximate surface area is 170 Å². The van der Waals surface area contributed by atoms with E-state index in [9.17, 15) is 4.79 Å². The highest BCUT2D eigenvalue weighted by atomic mass is 127. The second kappa shape index (κ2) is 9.46. The monoisotopic (exact) mass is 482 g/mol. The number of primary amides is 1. The molecule has 26 heavy (non-hydrogen) atoms. The van der Waals surface area contributed by atoms with Crippen LogP contribution < -0.4 is 15.2 Å². The van der Waals surface area contributed by atoms with Crippen LogP contribution >= 0.6 is 34.2 Å². The molecule has 0 spiro atoms. The van der Waals surface area contributed by atoms with Gasteiger partial charge >= 0.3 is 0 Å². The molecule has 0 aromatic heterocycles. The number of hydrogen-bond acceptors (Lipinski definition) is 4. The number of ether oxygens (including phenoxy) is 2. The predicted molar refractivity (Wildman–Crippen MR) is 109 cm³/mol. The molecule has 5 nitrogen and oxygen atoms in total. The molecule has 0 aliphatic rings. The molecule has 0 aliphatic carbocycles. The first-order chi connectivity index (χ1) is 12.5. The largest absolute Gasteiger partial charge is 0.490 e. The molecule has 0 unspecified atom stereocenters. The third-order valence-electron chi connectivity index (χ3n) is 3.36. The quantitative estimate of drug-likeness (QED) is 0.362. The Morgan fingerprint density at radius 2 is 2.08 bits per heavy atom. The first kappa shape index (κ1) is 20.1. The molecule has 0 aliphatic heterocycles. The summed E-state index contributed by atoms with van der Waals surface area (Å²) in [7, 11) is 0. The lowest BCUT2D eigenvalue weighted by Crippen LogP contribution is -2.12. The van der Waals surface area contributed by atoms with Crippen LogP contribution in [0.15, 0.2) is 42.0 Å². The minimum Gasteiger partial charge on any atom is -0.490 e. The van der Waals surface area contributed by atoms with Gasteiger partial charge < -0.3 is 15.2 Å². The number of hydrogen-bond donors (Lipinski definition) is 1. The van der Waals surface area contributed by atoms with Gasteiger partial charge in [-0.2, -0.15) is 5.26 Å². The van der Waals surface area contributed by atoms with Gasteiger partial charge in [0.25, 0.3) is 5.91 Å². The molecular weight excluding hydrogens is 467 g/mol. The summed E-state index contributed by atoms with van der Waals surface area (Å²) in [5.74, 6) is 0.307. The average molecular weight is 483 g/mol. The Bertz CT molecular complexity index is 891. The maximum absolute atomic E-state index is 11.2. The van der Waals surface area contributed by atoms with Crippen molar-refractivity contribution in [3.8, 4) is 17.6 Å². The van der Waals surface area contributed by atoms with Crippen molar-refractivity contribution in [2.24, 2.45) is 5.73 Å². The molecule has 1 amide bonds. The van der Waals surface area contributed by atoms with Crippen LogP contribution in [0.25, 0.3) is 6.08 Å². The van der Waals surface area contributed by atoms with Gasteiger partial charge in [-0.25, -0.2) is 0 Å². The van der Waals surface area contributed by atoms with E-state index in [2.05, 4.69) is 22.6 Å². The first-order valence-corrected chi connectivity index (χ1v) is 9.16. The SMILES string of the molecule is CCOc1cc(C=C(C#N)C(N)=O)cc(I)c1OCc1ccccc1Cl. The lowest BCUT2D eigenvalue weighted by molar-refractivity contribution is -0.114. The van der Waals surface area contributed by atoms with Crippen LogP contribution in [0.4, 0.5) is 0 Å². The Balaban J connectivity index is 2.36. The second-order valence-corrected chi connectivity index (χ2v) is 6.75. The van der Waals surface area contributed by atoms with Crippen LogP contribution in [0.2, 0.25) is 5.02 Å². The number of nitrogens with two attached hydrogens (primary N) is 1. The number of benzene rings is 2. The number of rotatable bonds is 7. The van der Waals surface area contributed by atoms with E-state index in [1.54, 1.807) is 24.3 Å². The molecule has 134 valence electrons. The van der Waals surface area contributed by atoms with Crippen LogP contribution in [-0.4, -0.2) is 12.5 Å². The van der Waals surface area contributed by atoms with E-state index in [1.165, 1.54) is 6.08 Å². The van der Waals surface area contributed by atoms with Crippen molar-refractivity contribution in [3.63, 3.8) is 0 Å². The standard InChI is InChI=1S/C19H16ClIN2O3/c1-2-25-17-9-12(7-14(10-22)19(23)24)8-16(21)18(17)26-11-13-5-3-4-6-15(13)20/h3-9H,2,11H2,1H3,(H2,23,24). The fourth-order valence-electron chi connectivity index (χ4n) is 2.16. The predicted octanol–water partition coefficient (Wildman–Crippen LogP) is 4.31. The normalized spacial score (nSPS) is 10.9. The van der Waals surface area contributed by atoms with Crippen LogP contribution in [-0.2, 0) is 11.4 Å². The number of carbonyl (C=O) groups excluding carboxylic acids is 1. The van der Waals surface area contributed by atoms with E-state index < -0.39 is 5.91 Å². The van der Waals surface area contributed by atoms with Crippen molar-refractivity contribution in [1.82, 2.24) is 0 Å². The van der Waals surface area contributed by atoms with E-state index in [4.69, 9.17) is 32.1 Å². The highest BCUT2D eigenvalue weighted by molar-refractivity contribution is 14.1. The van der Waals surface area contributed by atoms with Gasteiger partial charge in [0.2, 0.25) is 0 Å². The molecule has 2 N–H and O–H groups in total. The van der Waals surface area contributed by atoms with Gasteiger partial charge in [-0.15, -0.1) is 0 Å². The first-order valence-electron chi connectivity index (χ1n) is 7.70. The van der Waals surface area contributed by atoms with E-state index in [1.807, 2.05) is 25.1 Å². The molecule has 2 rings (SSSR count). The Hall–Kier alpha value is -2.24. The molecule has 0 heterocycles. The molecular formula is C19H16ClIN2O3. The number of amides is 1.